The van der Waals surface area contributed by atoms with E-state index in [9.17, 15) is 9.90 Å². The minimum absolute atomic E-state index is 0.213. The summed E-state index contributed by atoms with van der Waals surface area (Å²) in [4.78, 5) is 12.4. The van der Waals surface area contributed by atoms with Crippen LogP contribution in [0.4, 0.5) is 0 Å². The Labute approximate surface area is 185 Å². The van der Waals surface area contributed by atoms with Crippen LogP contribution in [-0.2, 0) is 11.2 Å². The summed E-state index contributed by atoms with van der Waals surface area (Å²) in [7, 11) is 0. The van der Waals surface area contributed by atoms with Crippen molar-refractivity contribution in [2.45, 2.75) is 123 Å². The molecule has 0 fully saturated rings. The minimum Gasteiger partial charge on any atom is -0.508 e. The summed E-state index contributed by atoms with van der Waals surface area (Å²) >= 11 is 0. The van der Waals surface area contributed by atoms with Crippen LogP contribution in [0.3, 0.4) is 0 Å². The Bertz CT molecular complexity index is 553. The van der Waals surface area contributed by atoms with Gasteiger partial charge in [0.25, 0.3) is 0 Å². The van der Waals surface area contributed by atoms with E-state index in [2.05, 4.69) is 13.8 Å². The zero-order valence-electron chi connectivity index (χ0n) is 19.7. The lowest BCUT2D eigenvalue weighted by molar-refractivity contribution is 0.0496. The molecule has 0 amide bonds. The Hall–Kier alpha value is -1.51. The average molecular weight is 419 g/mol. The summed E-state index contributed by atoms with van der Waals surface area (Å²) in [5.74, 6) is -0.0413. The van der Waals surface area contributed by atoms with Gasteiger partial charge in [-0.2, -0.15) is 0 Å². The quantitative estimate of drug-likeness (QED) is 0.181. The maximum absolute atomic E-state index is 12.4. The third kappa shape index (κ3) is 12.9. The van der Waals surface area contributed by atoms with Crippen molar-refractivity contribution in [2.24, 2.45) is 0 Å². The summed E-state index contributed by atoms with van der Waals surface area (Å²) in [5.41, 5.74) is 1.49. The molecule has 0 aliphatic rings. The van der Waals surface area contributed by atoms with E-state index in [0.29, 0.717) is 12.2 Å². The molecule has 30 heavy (non-hydrogen) atoms. The van der Waals surface area contributed by atoms with Crippen LogP contribution in [-0.4, -0.2) is 17.7 Å². The maximum atomic E-state index is 12.4. The van der Waals surface area contributed by atoms with Crippen LogP contribution in [0.15, 0.2) is 18.2 Å². The fourth-order valence-corrected chi connectivity index (χ4v) is 3.89. The number of aryl methyl sites for hydroxylation is 1. The van der Waals surface area contributed by atoms with Crippen LogP contribution in [0.1, 0.15) is 133 Å². The Kier molecular flexibility index (Phi) is 16.2. The standard InChI is InChI=1S/C27H46O3/c1-3-5-7-8-9-10-11-12-13-14-15-16-17-18-22-30-27(29)26-21-20-25(28)23-24(26)19-6-4-2/h20-21,23,28H,3-19,22H2,1-2H3. The number of hydrogen-bond acceptors (Lipinski definition) is 3. The Morgan fingerprint density at radius 3 is 1.77 bits per heavy atom. The van der Waals surface area contributed by atoms with Gasteiger partial charge in [-0.1, -0.05) is 104 Å². The first-order valence-corrected chi connectivity index (χ1v) is 12.7. The van der Waals surface area contributed by atoms with Gasteiger partial charge >= 0.3 is 5.97 Å². The number of phenolic OH excluding ortho intramolecular Hbond substituents is 1. The van der Waals surface area contributed by atoms with E-state index < -0.39 is 0 Å². The number of esters is 1. The van der Waals surface area contributed by atoms with Crippen LogP contribution in [0.5, 0.6) is 5.75 Å². The van der Waals surface area contributed by atoms with Crippen molar-refractivity contribution in [1.82, 2.24) is 0 Å². The van der Waals surface area contributed by atoms with E-state index in [1.54, 1.807) is 18.2 Å². The first-order chi connectivity index (χ1) is 14.7. The smallest absolute Gasteiger partial charge is 0.338 e. The van der Waals surface area contributed by atoms with Gasteiger partial charge in [0.15, 0.2) is 0 Å². The second-order valence-corrected chi connectivity index (χ2v) is 8.68. The van der Waals surface area contributed by atoms with Crippen molar-refractivity contribution in [3.63, 3.8) is 0 Å². The molecule has 0 aliphatic carbocycles. The number of carbonyl (C=O) groups excluding carboxylic acids is 1. The van der Waals surface area contributed by atoms with Gasteiger partial charge in [0, 0.05) is 0 Å². The highest BCUT2D eigenvalue weighted by atomic mass is 16.5. The highest BCUT2D eigenvalue weighted by molar-refractivity contribution is 5.91. The molecule has 3 heteroatoms. The van der Waals surface area contributed by atoms with Gasteiger partial charge in [-0.3, -0.25) is 0 Å². The molecule has 0 heterocycles. The predicted octanol–water partition coefficient (Wildman–Crippen LogP) is 8.37. The molecule has 0 bridgehead atoms. The molecule has 172 valence electrons. The SMILES string of the molecule is CCCCCCCCCCCCCCCCOC(=O)c1ccc(O)cc1CCCC. The summed E-state index contributed by atoms with van der Waals surface area (Å²) in [6, 6.07) is 4.95. The van der Waals surface area contributed by atoms with Gasteiger partial charge in [0.1, 0.15) is 5.75 Å². The van der Waals surface area contributed by atoms with Crippen molar-refractivity contribution < 1.29 is 14.6 Å². The van der Waals surface area contributed by atoms with Crippen molar-refractivity contribution in [3.8, 4) is 5.75 Å². The minimum atomic E-state index is -0.254. The van der Waals surface area contributed by atoms with E-state index in [0.717, 1.165) is 37.7 Å². The fourth-order valence-electron chi connectivity index (χ4n) is 3.89. The number of phenols is 1. The van der Waals surface area contributed by atoms with E-state index in [4.69, 9.17) is 4.74 Å². The fraction of sp³-hybridized carbons (Fsp3) is 0.741. The number of rotatable bonds is 19. The van der Waals surface area contributed by atoms with Crippen LogP contribution in [0.2, 0.25) is 0 Å². The highest BCUT2D eigenvalue weighted by Gasteiger charge is 2.13. The molecule has 0 radical (unpaired) electrons. The molecule has 0 unspecified atom stereocenters. The molecule has 0 atom stereocenters. The largest absolute Gasteiger partial charge is 0.508 e. The van der Waals surface area contributed by atoms with Crippen molar-refractivity contribution in [2.75, 3.05) is 6.61 Å². The normalized spacial score (nSPS) is 11.0. The van der Waals surface area contributed by atoms with E-state index in [1.165, 1.54) is 77.0 Å². The first-order valence-electron chi connectivity index (χ1n) is 12.7. The van der Waals surface area contributed by atoms with Crippen molar-refractivity contribution >= 4 is 5.97 Å². The lowest BCUT2D eigenvalue weighted by Gasteiger charge is -2.10. The number of unbranched alkanes of at least 4 members (excludes halogenated alkanes) is 14. The second-order valence-electron chi connectivity index (χ2n) is 8.68. The summed E-state index contributed by atoms with van der Waals surface area (Å²) < 4.78 is 5.48. The molecule has 1 aromatic rings. The van der Waals surface area contributed by atoms with Crippen LogP contribution < -0.4 is 0 Å². The number of aromatic hydroxyl groups is 1. The monoisotopic (exact) mass is 418 g/mol. The third-order valence-electron chi connectivity index (χ3n) is 5.84. The van der Waals surface area contributed by atoms with Gasteiger partial charge < -0.3 is 9.84 Å². The molecule has 0 saturated heterocycles. The van der Waals surface area contributed by atoms with Gasteiger partial charge in [-0.15, -0.1) is 0 Å². The molecule has 0 spiro atoms. The van der Waals surface area contributed by atoms with Gasteiger partial charge in [0.05, 0.1) is 12.2 Å². The summed E-state index contributed by atoms with van der Waals surface area (Å²) in [6.45, 7) is 4.88. The Balaban J connectivity index is 2.01. The van der Waals surface area contributed by atoms with Crippen molar-refractivity contribution in [3.05, 3.63) is 29.3 Å². The number of benzene rings is 1. The second kappa shape index (κ2) is 18.3. The molecular weight excluding hydrogens is 372 g/mol. The summed E-state index contributed by atoms with van der Waals surface area (Å²) in [5, 5.41) is 9.68. The zero-order valence-corrected chi connectivity index (χ0v) is 19.7. The Morgan fingerprint density at radius 1 is 0.733 bits per heavy atom. The molecule has 1 rings (SSSR count). The maximum Gasteiger partial charge on any atom is 0.338 e. The lowest BCUT2D eigenvalue weighted by Crippen LogP contribution is -2.09. The zero-order chi connectivity index (χ0) is 21.9. The molecule has 3 nitrogen and oxygen atoms in total. The first kappa shape index (κ1) is 26.5. The third-order valence-corrected chi connectivity index (χ3v) is 5.84. The lowest BCUT2D eigenvalue weighted by atomic mass is 10.0. The van der Waals surface area contributed by atoms with Crippen LogP contribution in [0.25, 0.3) is 0 Å². The van der Waals surface area contributed by atoms with E-state index >= 15 is 0 Å². The van der Waals surface area contributed by atoms with Crippen LogP contribution in [0, 0.1) is 0 Å². The predicted molar refractivity (Wildman–Crippen MR) is 127 cm³/mol. The van der Waals surface area contributed by atoms with Gasteiger partial charge in [-0.05, 0) is 43.0 Å². The van der Waals surface area contributed by atoms with Gasteiger partial charge in [-0.25, -0.2) is 4.79 Å². The molecule has 0 aromatic heterocycles. The number of hydrogen-bond donors (Lipinski definition) is 1. The van der Waals surface area contributed by atoms with Gasteiger partial charge in [0.2, 0.25) is 0 Å². The summed E-state index contributed by atoms with van der Waals surface area (Å²) in [6.07, 6.45) is 21.4. The Morgan fingerprint density at radius 2 is 1.23 bits per heavy atom. The highest BCUT2D eigenvalue weighted by Crippen LogP contribution is 2.20. The van der Waals surface area contributed by atoms with Crippen molar-refractivity contribution in [1.29, 1.82) is 0 Å². The van der Waals surface area contributed by atoms with E-state index in [1.807, 2.05) is 0 Å². The van der Waals surface area contributed by atoms with E-state index in [-0.39, 0.29) is 11.7 Å². The molecule has 1 aromatic carbocycles. The molecule has 0 aliphatic heterocycles. The molecular formula is C27H46O3. The topological polar surface area (TPSA) is 46.5 Å². The molecule has 0 saturated carbocycles. The number of carbonyl (C=O) groups is 1. The average Bonchev–Trinajstić information content (AvgIpc) is 2.74. The van der Waals surface area contributed by atoms with Crippen LogP contribution >= 0.6 is 0 Å². The number of ether oxygens (including phenoxy) is 1. The molecule has 1 N–H and O–H groups in total.